The fourth-order valence-electron chi connectivity index (χ4n) is 7.11. The summed E-state index contributed by atoms with van der Waals surface area (Å²) in [7, 11) is -5.06. The van der Waals surface area contributed by atoms with E-state index in [1.165, 1.54) is 96.3 Å². The minimum absolute atomic E-state index is 0.0294. The molecule has 4 N–H and O–H groups in total. The van der Waals surface area contributed by atoms with Gasteiger partial charge in [0.1, 0.15) is 30.5 Å². The maximum Gasteiger partial charge on any atom is 0.397 e. The van der Waals surface area contributed by atoms with Gasteiger partial charge in [-0.05, 0) is 70.6 Å². The van der Waals surface area contributed by atoms with Crippen molar-refractivity contribution in [3.05, 3.63) is 36.5 Å². The van der Waals surface area contributed by atoms with E-state index in [0.29, 0.717) is 13.0 Å². The van der Waals surface area contributed by atoms with Crippen LogP contribution in [0.2, 0.25) is 0 Å². The van der Waals surface area contributed by atoms with Gasteiger partial charge in [-0.3, -0.25) is 9.35 Å². The maximum absolute atomic E-state index is 12.9. The van der Waals surface area contributed by atoms with Gasteiger partial charge < -0.3 is 34.3 Å². The van der Waals surface area contributed by atoms with Crippen LogP contribution in [0.3, 0.4) is 0 Å². The summed E-state index contributed by atoms with van der Waals surface area (Å²) in [6.07, 6.45) is 36.0. The minimum atomic E-state index is -5.06. The minimum Gasteiger partial charge on any atom is -0.457 e. The topological polar surface area (TPSA) is 178 Å². The predicted molar refractivity (Wildman–Crippen MR) is 239 cm³/mol. The van der Waals surface area contributed by atoms with Gasteiger partial charge in [0.2, 0.25) is 0 Å². The zero-order valence-electron chi connectivity index (χ0n) is 37.5. The Hall–Kier alpha value is -1.68. The van der Waals surface area contributed by atoms with Crippen LogP contribution in [0.25, 0.3) is 0 Å². The molecule has 0 aliphatic carbocycles. The molecule has 0 radical (unpaired) electrons. The Kier molecular flexibility index (Phi) is 36.6. The van der Waals surface area contributed by atoms with Crippen molar-refractivity contribution in [3.63, 3.8) is 0 Å². The summed E-state index contributed by atoms with van der Waals surface area (Å²) in [5.41, 5.74) is 0. The van der Waals surface area contributed by atoms with Crippen molar-refractivity contribution in [1.29, 1.82) is 0 Å². The molecule has 0 saturated carbocycles. The summed E-state index contributed by atoms with van der Waals surface area (Å²) in [6, 6.07) is 0. The highest BCUT2D eigenvalue weighted by Gasteiger charge is 2.48. The number of hydrogen-bond acceptors (Lipinski definition) is 11. The van der Waals surface area contributed by atoms with Crippen molar-refractivity contribution in [2.45, 2.75) is 230 Å². The Morgan fingerprint density at radius 2 is 1.10 bits per heavy atom. The molecule has 0 aromatic carbocycles. The van der Waals surface area contributed by atoms with E-state index in [1.54, 1.807) is 0 Å². The summed E-state index contributed by atoms with van der Waals surface area (Å²) in [4.78, 5) is 12.9. The first-order chi connectivity index (χ1) is 29.1. The van der Waals surface area contributed by atoms with Gasteiger partial charge in [0.25, 0.3) is 0 Å². The molecule has 0 aromatic rings. The lowest BCUT2D eigenvalue weighted by Crippen LogP contribution is -2.60. The van der Waals surface area contributed by atoms with Gasteiger partial charge >= 0.3 is 16.4 Å². The van der Waals surface area contributed by atoms with Crippen molar-refractivity contribution in [3.8, 4) is 0 Å². The van der Waals surface area contributed by atoms with E-state index in [1.807, 2.05) is 0 Å². The average Bonchev–Trinajstić information content (AvgIpc) is 3.22. The fourth-order valence-corrected chi connectivity index (χ4v) is 7.62. The first-order valence-corrected chi connectivity index (χ1v) is 25.1. The van der Waals surface area contributed by atoms with Crippen LogP contribution >= 0.6 is 0 Å². The number of hydrogen-bond donors (Lipinski definition) is 4. The summed E-state index contributed by atoms with van der Waals surface area (Å²) < 4.78 is 59.1. The maximum atomic E-state index is 12.9. The number of carbonyl (C=O) groups excluding carboxylic acids is 1. The lowest BCUT2D eigenvalue weighted by Gasteiger charge is -2.41. The van der Waals surface area contributed by atoms with Gasteiger partial charge in [-0.25, -0.2) is 4.18 Å². The number of rotatable bonds is 41. The Bertz CT molecular complexity index is 1190. The highest BCUT2D eigenvalue weighted by Crippen LogP contribution is 2.26. The molecule has 0 amide bonds. The molecule has 6 atom stereocenters. The molecule has 1 rings (SSSR count). The molecule has 1 fully saturated rings. The van der Waals surface area contributed by atoms with E-state index in [0.717, 1.165) is 70.6 Å². The van der Waals surface area contributed by atoms with E-state index in [4.69, 9.17) is 23.5 Å². The van der Waals surface area contributed by atoms with Crippen LogP contribution in [0.4, 0.5) is 0 Å². The Morgan fingerprint density at radius 1 is 0.633 bits per heavy atom. The van der Waals surface area contributed by atoms with Crippen LogP contribution < -0.4 is 0 Å². The second-order valence-electron chi connectivity index (χ2n) is 16.3. The standard InChI is InChI=1S/C47H86O12S/c1-3-5-7-9-11-13-15-17-19-20-21-23-25-27-29-31-33-35-37-55-39-41(40-56-47-45(51)46(59-60(52,53)54)44(50)42(38-48)58-47)57-43(49)36-34-32-30-28-26-24-22-18-16-14-12-10-8-6-4-2/h11,13,17-19,22,41-42,44-48,50-51H,3-10,12,14-16,20-21,23-40H2,1-2H3,(H,52,53,54)/b13-11-,19-17-,22-18-. The van der Waals surface area contributed by atoms with Crippen molar-refractivity contribution in [2.75, 3.05) is 26.4 Å². The van der Waals surface area contributed by atoms with Crippen molar-refractivity contribution < 1.29 is 56.2 Å². The first kappa shape index (κ1) is 56.3. The molecule has 60 heavy (non-hydrogen) atoms. The summed E-state index contributed by atoms with van der Waals surface area (Å²) >= 11 is 0. The molecular weight excluding hydrogens is 789 g/mol. The lowest BCUT2D eigenvalue weighted by atomic mass is 9.99. The van der Waals surface area contributed by atoms with Gasteiger partial charge in [-0.1, -0.05) is 153 Å². The molecule has 13 heteroatoms. The van der Waals surface area contributed by atoms with E-state index >= 15 is 0 Å². The van der Waals surface area contributed by atoms with E-state index in [-0.39, 0.29) is 19.6 Å². The normalized spacial score (nSPS) is 20.5. The number of ether oxygens (including phenoxy) is 4. The number of esters is 1. The van der Waals surface area contributed by atoms with Crippen LogP contribution in [0.15, 0.2) is 36.5 Å². The number of unbranched alkanes of at least 4 members (excludes halogenated alkanes) is 22. The molecule has 1 aliphatic heterocycles. The quantitative estimate of drug-likeness (QED) is 0.0198. The molecular formula is C47H86O12S. The summed E-state index contributed by atoms with van der Waals surface area (Å²) in [5.74, 6) is -0.410. The predicted octanol–water partition coefficient (Wildman–Crippen LogP) is 10.2. The zero-order chi connectivity index (χ0) is 43.9. The van der Waals surface area contributed by atoms with E-state index in [2.05, 4.69) is 54.5 Å². The number of aliphatic hydroxyl groups is 3. The highest BCUT2D eigenvalue weighted by atomic mass is 32.3. The largest absolute Gasteiger partial charge is 0.457 e. The second kappa shape index (κ2) is 39.0. The number of aliphatic hydroxyl groups excluding tert-OH is 3. The van der Waals surface area contributed by atoms with E-state index in [9.17, 15) is 28.5 Å². The van der Waals surface area contributed by atoms with Crippen LogP contribution in [0, 0.1) is 0 Å². The van der Waals surface area contributed by atoms with Gasteiger partial charge in [0.05, 0.1) is 19.8 Å². The van der Waals surface area contributed by atoms with Crippen LogP contribution in [-0.4, -0.2) is 97.5 Å². The third kappa shape index (κ3) is 32.1. The third-order valence-corrected chi connectivity index (χ3v) is 11.2. The molecule has 6 unspecified atom stereocenters. The van der Waals surface area contributed by atoms with Crippen molar-refractivity contribution in [2.24, 2.45) is 0 Å². The second-order valence-corrected chi connectivity index (χ2v) is 17.4. The molecule has 1 saturated heterocycles. The van der Waals surface area contributed by atoms with Gasteiger partial charge in [0.15, 0.2) is 6.29 Å². The Labute approximate surface area is 364 Å². The SMILES string of the molecule is CCCCC/C=C\C/C=C\CCCCCCCCCCOCC(COC1OC(CO)C(O)C(OS(=O)(=O)O)C1O)OC(=O)CCCCCCC/C=C\CCCCCCCC. The average molecular weight is 875 g/mol. The zero-order valence-corrected chi connectivity index (χ0v) is 38.3. The van der Waals surface area contributed by atoms with Crippen molar-refractivity contribution in [1.82, 2.24) is 0 Å². The van der Waals surface area contributed by atoms with Crippen LogP contribution in [0.1, 0.15) is 194 Å². The summed E-state index contributed by atoms with van der Waals surface area (Å²) in [5, 5.41) is 30.7. The van der Waals surface area contributed by atoms with Gasteiger partial charge in [-0.2, -0.15) is 8.42 Å². The summed E-state index contributed by atoms with van der Waals surface area (Å²) in [6.45, 7) is 3.94. The third-order valence-electron chi connectivity index (χ3n) is 10.7. The molecule has 0 aromatic heterocycles. The van der Waals surface area contributed by atoms with Gasteiger partial charge in [-0.15, -0.1) is 0 Å². The van der Waals surface area contributed by atoms with Crippen molar-refractivity contribution >= 4 is 16.4 Å². The molecule has 352 valence electrons. The Morgan fingerprint density at radius 3 is 1.63 bits per heavy atom. The monoisotopic (exact) mass is 875 g/mol. The fraction of sp³-hybridized carbons (Fsp3) is 0.851. The smallest absolute Gasteiger partial charge is 0.397 e. The highest BCUT2D eigenvalue weighted by molar-refractivity contribution is 7.80. The van der Waals surface area contributed by atoms with E-state index < -0.39 is 59.8 Å². The molecule has 0 spiro atoms. The first-order valence-electron chi connectivity index (χ1n) is 23.7. The van der Waals surface area contributed by atoms with Gasteiger partial charge in [0, 0.05) is 13.0 Å². The molecule has 1 heterocycles. The Balaban J connectivity index is 2.41. The molecule has 0 bridgehead atoms. The van der Waals surface area contributed by atoms with Crippen LogP contribution in [-0.2, 0) is 38.3 Å². The lowest BCUT2D eigenvalue weighted by molar-refractivity contribution is -0.301. The molecule has 1 aliphatic rings. The van der Waals surface area contributed by atoms with Crippen LogP contribution in [0.5, 0.6) is 0 Å². The number of carbonyl (C=O) groups is 1. The molecule has 12 nitrogen and oxygen atoms in total. The number of allylic oxidation sites excluding steroid dienone is 6.